The summed E-state index contributed by atoms with van der Waals surface area (Å²) in [6.07, 6.45) is 0.271. The molecule has 3 rings (SSSR count). The highest BCUT2D eigenvalue weighted by Gasteiger charge is 2.34. The maximum Gasteiger partial charge on any atom is 0.227 e. The molecule has 2 aromatic rings. The molecule has 2 aromatic carbocycles. The highest BCUT2D eigenvalue weighted by Crippen LogP contribution is 2.25. The lowest BCUT2D eigenvalue weighted by Crippen LogP contribution is -2.32. The lowest BCUT2D eigenvalue weighted by molar-refractivity contribution is -0.126. The first-order chi connectivity index (χ1) is 12.0. The van der Waals surface area contributed by atoms with E-state index in [1.807, 2.05) is 42.5 Å². The van der Waals surface area contributed by atoms with Crippen LogP contribution in [0.1, 0.15) is 37.3 Å². The smallest absolute Gasteiger partial charge is 0.227 e. The molecule has 4 nitrogen and oxygen atoms in total. The van der Waals surface area contributed by atoms with Gasteiger partial charge in [-0.25, -0.2) is 0 Å². The van der Waals surface area contributed by atoms with E-state index in [1.165, 1.54) is 5.56 Å². The Morgan fingerprint density at radius 3 is 2.44 bits per heavy atom. The molecule has 4 heteroatoms. The third-order valence-electron chi connectivity index (χ3n) is 4.68. The van der Waals surface area contributed by atoms with Crippen LogP contribution in [0.5, 0.6) is 0 Å². The van der Waals surface area contributed by atoms with E-state index in [1.54, 1.807) is 4.90 Å². The first-order valence-electron chi connectivity index (χ1n) is 8.76. The van der Waals surface area contributed by atoms with E-state index in [4.69, 9.17) is 0 Å². The predicted octanol–water partition coefficient (Wildman–Crippen LogP) is 3.48. The van der Waals surface area contributed by atoms with Crippen LogP contribution >= 0.6 is 0 Å². The van der Waals surface area contributed by atoms with Crippen LogP contribution in [0.15, 0.2) is 54.6 Å². The van der Waals surface area contributed by atoms with Gasteiger partial charge in [0.15, 0.2) is 0 Å². The summed E-state index contributed by atoms with van der Waals surface area (Å²) in [5.74, 6) is 0.159. The second kappa shape index (κ2) is 7.51. The lowest BCUT2D eigenvalue weighted by Gasteiger charge is -2.16. The van der Waals surface area contributed by atoms with E-state index in [0.717, 1.165) is 11.3 Å². The Bertz CT molecular complexity index is 738. The third kappa shape index (κ3) is 4.08. The first kappa shape index (κ1) is 17.2. The summed E-state index contributed by atoms with van der Waals surface area (Å²) in [4.78, 5) is 26.3. The fourth-order valence-corrected chi connectivity index (χ4v) is 3.09. The second-order valence-corrected chi connectivity index (χ2v) is 6.86. The van der Waals surface area contributed by atoms with Gasteiger partial charge >= 0.3 is 0 Å². The van der Waals surface area contributed by atoms with Crippen molar-refractivity contribution in [3.63, 3.8) is 0 Å². The number of nitrogens with one attached hydrogen (secondary N) is 1. The molecule has 0 radical (unpaired) electrons. The fourth-order valence-electron chi connectivity index (χ4n) is 3.09. The zero-order valence-corrected chi connectivity index (χ0v) is 14.7. The standard InChI is InChI=1S/C21H24N2O2/c1-15(2)17-10-8-16(9-11-17)13-22-21(25)18-12-20(24)23(14-18)19-6-4-3-5-7-19/h3-11,15,18H,12-14H2,1-2H3,(H,22,25)/t18-/m1/s1. The van der Waals surface area contributed by atoms with Crippen LogP contribution in [0.25, 0.3) is 0 Å². The summed E-state index contributed by atoms with van der Waals surface area (Å²) < 4.78 is 0. The summed E-state index contributed by atoms with van der Waals surface area (Å²) in [5.41, 5.74) is 3.21. The Labute approximate surface area is 148 Å². The molecule has 0 bridgehead atoms. The van der Waals surface area contributed by atoms with E-state index in [2.05, 4.69) is 31.3 Å². The molecule has 1 aliphatic rings. The van der Waals surface area contributed by atoms with Crippen molar-refractivity contribution in [1.82, 2.24) is 5.32 Å². The molecule has 0 saturated carbocycles. The molecule has 1 atom stereocenters. The van der Waals surface area contributed by atoms with Crippen molar-refractivity contribution >= 4 is 17.5 Å². The second-order valence-electron chi connectivity index (χ2n) is 6.86. The Morgan fingerprint density at radius 1 is 1.12 bits per heavy atom. The molecule has 0 unspecified atom stereocenters. The highest BCUT2D eigenvalue weighted by atomic mass is 16.2. The summed E-state index contributed by atoms with van der Waals surface area (Å²) in [6, 6.07) is 17.8. The minimum absolute atomic E-state index is 0.00707. The zero-order chi connectivity index (χ0) is 17.8. The highest BCUT2D eigenvalue weighted by molar-refractivity contribution is 6.00. The third-order valence-corrected chi connectivity index (χ3v) is 4.68. The molecule has 0 aliphatic carbocycles. The zero-order valence-electron chi connectivity index (χ0n) is 14.7. The van der Waals surface area contributed by atoms with Crippen molar-refractivity contribution in [2.75, 3.05) is 11.4 Å². The summed E-state index contributed by atoms with van der Waals surface area (Å²) in [7, 11) is 0. The number of hydrogen-bond acceptors (Lipinski definition) is 2. The number of benzene rings is 2. The number of rotatable bonds is 5. The Morgan fingerprint density at radius 2 is 1.80 bits per heavy atom. The molecule has 1 N–H and O–H groups in total. The van der Waals surface area contributed by atoms with Crippen LogP contribution in [-0.2, 0) is 16.1 Å². The maximum atomic E-state index is 12.4. The monoisotopic (exact) mass is 336 g/mol. The molecule has 1 fully saturated rings. The Balaban J connectivity index is 1.56. The minimum Gasteiger partial charge on any atom is -0.352 e. The van der Waals surface area contributed by atoms with Crippen molar-refractivity contribution in [2.45, 2.75) is 32.7 Å². The molecule has 0 aromatic heterocycles. The van der Waals surface area contributed by atoms with Gasteiger partial charge in [0.1, 0.15) is 0 Å². The number of hydrogen-bond donors (Lipinski definition) is 1. The van der Waals surface area contributed by atoms with Gasteiger partial charge in [-0.15, -0.1) is 0 Å². The molecular weight excluding hydrogens is 312 g/mol. The topological polar surface area (TPSA) is 49.4 Å². The lowest BCUT2D eigenvalue weighted by atomic mass is 10.0. The van der Waals surface area contributed by atoms with Gasteiger partial charge in [0.2, 0.25) is 11.8 Å². The van der Waals surface area contributed by atoms with E-state index in [0.29, 0.717) is 19.0 Å². The Hall–Kier alpha value is -2.62. The van der Waals surface area contributed by atoms with Crippen LogP contribution in [0.4, 0.5) is 5.69 Å². The van der Waals surface area contributed by atoms with Crippen molar-refractivity contribution in [2.24, 2.45) is 5.92 Å². The van der Waals surface area contributed by atoms with Crippen LogP contribution in [-0.4, -0.2) is 18.4 Å². The van der Waals surface area contributed by atoms with Crippen LogP contribution in [0.2, 0.25) is 0 Å². The largest absolute Gasteiger partial charge is 0.352 e. The van der Waals surface area contributed by atoms with E-state index in [-0.39, 0.29) is 24.2 Å². The van der Waals surface area contributed by atoms with E-state index in [9.17, 15) is 9.59 Å². The van der Waals surface area contributed by atoms with Gasteiger partial charge in [-0.2, -0.15) is 0 Å². The van der Waals surface area contributed by atoms with Crippen molar-refractivity contribution in [3.05, 3.63) is 65.7 Å². The normalized spacial score (nSPS) is 17.2. The molecule has 0 spiro atoms. The quantitative estimate of drug-likeness (QED) is 0.909. The van der Waals surface area contributed by atoms with Gasteiger partial charge in [0, 0.05) is 25.2 Å². The van der Waals surface area contributed by atoms with Gasteiger partial charge in [-0.1, -0.05) is 56.3 Å². The van der Waals surface area contributed by atoms with Gasteiger partial charge < -0.3 is 10.2 Å². The van der Waals surface area contributed by atoms with Crippen LogP contribution in [0, 0.1) is 5.92 Å². The Kier molecular flexibility index (Phi) is 5.17. The predicted molar refractivity (Wildman–Crippen MR) is 99.3 cm³/mol. The summed E-state index contributed by atoms with van der Waals surface area (Å²) >= 11 is 0. The molecule has 1 aliphatic heterocycles. The van der Waals surface area contributed by atoms with Crippen LogP contribution < -0.4 is 10.2 Å². The number of para-hydroxylation sites is 1. The molecule has 1 heterocycles. The van der Waals surface area contributed by atoms with E-state index >= 15 is 0 Å². The first-order valence-corrected chi connectivity index (χ1v) is 8.76. The van der Waals surface area contributed by atoms with Crippen molar-refractivity contribution in [1.29, 1.82) is 0 Å². The minimum atomic E-state index is -0.289. The van der Waals surface area contributed by atoms with Gasteiger partial charge in [0.25, 0.3) is 0 Å². The number of amides is 2. The molecule has 130 valence electrons. The molecule has 25 heavy (non-hydrogen) atoms. The van der Waals surface area contributed by atoms with Gasteiger partial charge in [-0.3, -0.25) is 9.59 Å². The fraction of sp³-hybridized carbons (Fsp3) is 0.333. The van der Waals surface area contributed by atoms with E-state index < -0.39 is 0 Å². The SMILES string of the molecule is CC(C)c1ccc(CNC(=O)[C@@H]2CC(=O)N(c3ccccc3)C2)cc1. The molecule has 2 amide bonds. The summed E-state index contributed by atoms with van der Waals surface area (Å²) in [5, 5.41) is 2.96. The average Bonchev–Trinajstić information content (AvgIpc) is 3.02. The van der Waals surface area contributed by atoms with Crippen molar-refractivity contribution < 1.29 is 9.59 Å². The molecular formula is C21H24N2O2. The number of carbonyl (C=O) groups excluding carboxylic acids is 2. The summed E-state index contributed by atoms with van der Waals surface area (Å²) in [6.45, 7) is 5.26. The molecule has 1 saturated heterocycles. The number of nitrogens with zero attached hydrogens (tertiary/aromatic N) is 1. The number of carbonyl (C=O) groups is 2. The number of anilines is 1. The van der Waals surface area contributed by atoms with Gasteiger partial charge in [-0.05, 0) is 29.2 Å². The maximum absolute atomic E-state index is 12.4. The average molecular weight is 336 g/mol. The van der Waals surface area contributed by atoms with Gasteiger partial charge in [0.05, 0.1) is 5.92 Å². The van der Waals surface area contributed by atoms with Crippen LogP contribution in [0.3, 0.4) is 0 Å². The van der Waals surface area contributed by atoms with Crippen molar-refractivity contribution in [3.8, 4) is 0 Å².